The fourth-order valence-electron chi connectivity index (χ4n) is 2.57. The van der Waals surface area contributed by atoms with Crippen LogP contribution in [0.2, 0.25) is 10.0 Å². The molecule has 0 atom stereocenters. The van der Waals surface area contributed by atoms with Crippen LogP contribution >= 0.6 is 34.5 Å². The molecule has 5 nitrogen and oxygen atoms in total. The lowest BCUT2D eigenvalue weighted by Crippen LogP contribution is -2.50. The Labute approximate surface area is 153 Å². The molecular weight excluding hydrogens is 369 g/mol. The summed E-state index contributed by atoms with van der Waals surface area (Å²) in [5.41, 5.74) is 0.897. The smallest absolute Gasteiger partial charge is 0.273 e. The highest BCUT2D eigenvalue weighted by molar-refractivity contribution is 7.09. The Morgan fingerprint density at radius 2 is 1.71 bits per heavy atom. The lowest BCUT2D eigenvalue weighted by molar-refractivity contribution is 0.0533. The maximum absolute atomic E-state index is 12.6. The van der Waals surface area contributed by atoms with Crippen molar-refractivity contribution in [2.45, 2.75) is 6.92 Å². The first-order chi connectivity index (χ1) is 11.5. The molecule has 1 aromatic heterocycles. The van der Waals surface area contributed by atoms with E-state index < -0.39 is 0 Å². The number of carbonyl (C=O) groups excluding carboxylic acids is 2. The summed E-state index contributed by atoms with van der Waals surface area (Å²) in [7, 11) is 0. The molecule has 2 aromatic rings. The normalized spacial score (nSPS) is 14.8. The van der Waals surface area contributed by atoms with Crippen LogP contribution in [0.15, 0.2) is 23.6 Å². The van der Waals surface area contributed by atoms with E-state index in [0.717, 1.165) is 5.01 Å². The topological polar surface area (TPSA) is 53.5 Å². The maximum atomic E-state index is 12.6. The van der Waals surface area contributed by atoms with Gasteiger partial charge in [-0.1, -0.05) is 23.2 Å². The Morgan fingerprint density at radius 3 is 2.25 bits per heavy atom. The van der Waals surface area contributed by atoms with E-state index in [2.05, 4.69) is 4.98 Å². The average Bonchev–Trinajstić information content (AvgIpc) is 3.00. The first-order valence-electron chi connectivity index (χ1n) is 7.41. The molecule has 0 bridgehead atoms. The molecule has 8 heteroatoms. The number of nitrogens with zero attached hydrogens (tertiary/aromatic N) is 3. The van der Waals surface area contributed by atoms with E-state index >= 15 is 0 Å². The van der Waals surface area contributed by atoms with Gasteiger partial charge < -0.3 is 9.80 Å². The van der Waals surface area contributed by atoms with Crippen molar-refractivity contribution in [2.75, 3.05) is 26.2 Å². The molecule has 0 saturated carbocycles. The molecule has 0 spiro atoms. The van der Waals surface area contributed by atoms with E-state index in [-0.39, 0.29) is 11.8 Å². The number of aryl methyl sites for hydroxylation is 1. The highest BCUT2D eigenvalue weighted by atomic mass is 35.5. The number of aromatic nitrogens is 1. The van der Waals surface area contributed by atoms with Gasteiger partial charge in [-0.25, -0.2) is 4.98 Å². The van der Waals surface area contributed by atoms with Gasteiger partial charge in [0.15, 0.2) is 0 Å². The number of amides is 2. The number of carbonyl (C=O) groups is 2. The van der Waals surface area contributed by atoms with Crippen molar-refractivity contribution in [1.82, 2.24) is 14.8 Å². The van der Waals surface area contributed by atoms with Gasteiger partial charge in [0, 0.05) is 36.6 Å². The molecular formula is C16H15Cl2N3O2S. The van der Waals surface area contributed by atoms with Crippen molar-refractivity contribution in [1.29, 1.82) is 0 Å². The van der Waals surface area contributed by atoms with Gasteiger partial charge in [0.2, 0.25) is 0 Å². The minimum atomic E-state index is -0.145. The van der Waals surface area contributed by atoms with Crippen molar-refractivity contribution >= 4 is 46.4 Å². The summed E-state index contributed by atoms with van der Waals surface area (Å²) in [6.45, 7) is 3.76. The van der Waals surface area contributed by atoms with Crippen LogP contribution < -0.4 is 0 Å². The quantitative estimate of drug-likeness (QED) is 0.798. The molecule has 1 saturated heterocycles. The van der Waals surface area contributed by atoms with Crippen molar-refractivity contribution in [3.63, 3.8) is 0 Å². The average molecular weight is 384 g/mol. The fourth-order valence-corrected chi connectivity index (χ4v) is 3.65. The van der Waals surface area contributed by atoms with Crippen molar-refractivity contribution in [3.05, 3.63) is 49.9 Å². The molecule has 2 heterocycles. The standard InChI is InChI=1S/C16H15Cl2N3O2S/c1-10-19-14(9-24-10)16(23)21-6-4-20(5-7-21)15(22)12-3-2-11(17)8-13(12)18/h2-3,8-9H,4-7H2,1H3. The van der Waals surface area contributed by atoms with Gasteiger partial charge in [0.25, 0.3) is 11.8 Å². The highest BCUT2D eigenvalue weighted by Gasteiger charge is 2.27. The Morgan fingerprint density at radius 1 is 1.08 bits per heavy atom. The number of benzene rings is 1. The van der Waals surface area contributed by atoms with Gasteiger partial charge in [0.1, 0.15) is 5.69 Å². The third kappa shape index (κ3) is 3.55. The van der Waals surface area contributed by atoms with Crippen molar-refractivity contribution in [2.24, 2.45) is 0 Å². The molecule has 1 aliphatic rings. The summed E-state index contributed by atoms with van der Waals surface area (Å²) in [6.07, 6.45) is 0. The van der Waals surface area contributed by atoms with E-state index in [4.69, 9.17) is 23.2 Å². The molecule has 0 N–H and O–H groups in total. The second-order valence-electron chi connectivity index (χ2n) is 5.46. The molecule has 0 unspecified atom stereocenters. The molecule has 24 heavy (non-hydrogen) atoms. The van der Waals surface area contributed by atoms with Gasteiger partial charge in [-0.15, -0.1) is 11.3 Å². The zero-order valence-electron chi connectivity index (χ0n) is 13.0. The summed E-state index contributed by atoms with van der Waals surface area (Å²) in [5, 5.41) is 3.46. The third-order valence-electron chi connectivity index (χ3n) is 3.85. The molecule has 126 valence electrons. The monoisotopic (exact) mass is 383 g/mol. The molecule has 1 fully saturated rings. The zero-order chi connectivity index (χ0) is 17.3. The molecule has 1 aliphatic heterocycles. The number of hydrogen-bond donors (Lipinski definition) is 0. The summed E-state index contributed by atoms with van der Waals surface area (Å²) >= 11 is 13.4. The molecule has 3 rings (SSSR count). The maximum Gasteiger partial charge on any atom is 0.273 e. The lowest BCUT2D eigenvalue weighted by Gasteiger charge is -2.34. The summed E-state index contributed by atoms with van der Waals surface area (Å²) in [4.78, 5) is 32.6. The van der Waals surface area contributed by atoms with Gasteiger partial charge >= 0.3 is 0 Å². The van der Waals surface area contributed by atoms with Gasteiger partial charge in [-0.05, 0) is 25.1 Å². The summed E-state index contributed by atoms with van der Waals surface area (Å²) in [5.74, 6) is -0.232. The molecule has 0 radical (unpaired) electrons. The van der Waals surface area contributed by atoms with Crippen LogP contribution in [0.3, 0.4) is 0 Å². The van der Waals surface area contributed by atoms with E-state index in [1.807, 2.05) is 6.92 Å². The van der Waals surface area contributed by atoms with Crippen LogP contribution in [-0.4, -0.2) is 52.8 Å². The van der Waals surface area contributed by atoms with Crippen molar-refractivity contribution < 1.29 is 9.59 Å². The predicted octanol–water partition coefficient (Wildman–Crippen LogP) is 3.36. The van der Waals surface area contributed by atoms with Crippen LogP contribution in [0.5, 0.6) is 0 Å². The van der Waals surface area contributed by atoms with E-state index in [1.165, 1.54) is 11.3 Å². The summed E-state index contributed by atoms with van der Waals surface area (Å²) < 4.78 is 0. The fraction of sp³-hybridized carbons (Fsp3) is 0.312. The Bertz CT molecular complexity index is 785. The van der Waals surface area contributed by atoms with E-state index in [0.29, 0.717) is 47.5 Å². The van der Waals surface area contributed by atoms with Crippen molar-refractivity contribution in [3.8, 4) is 0 Å². The summed E-state index contributed by atoms with van der Waals surface area (Å²) in [6, 6.07) is 4.83. The zero-order valence-corrected chi connectivity index (χ0v) is 15.3. The number of halogens is 2. The minimum Gasteiger partial charge on any atom is -0.335 e. The van der Waals surface area contributed by atoms with E-state index in [1.54, 1.807) is 33.4 Å². The van der Waals surface area contributed by atoms with Crippen LogP contribution in [0.1, 0.15) is 25.9 Å². The number of thiazole rings is 1. The molecule has 0 aliphatic carbocycles. The van der Waals surface area contributed by atoms with Gasteiger partial charge in [-0.2, -0.15) is 0 Å². The van der Waals surface area contributed by atoms with Gasteiger partial charge in [-0.3, -0.25) is 9.59 Å². The predicted molar refractivity (Wildman–Crippen MR) is 95.1 cm³/mol. The van der Waals surface area contributed by atoms with Crippen LogP contribution in [0.4, 0.5) is 0 Å². The third-order valence-corrected chi connectivity index (χ3v) is 5.18. The number of piperazine rings is 1. The first-order valence-corrected chi connectivity index (χ1v) is 9.05. The largest absolute Gasteiger partial charge is 0.335 e. The second-order valence-corrected chi connectivity index (χ2v) is 7.37. The Balaban J connectivity index is 1.64. The molecule has 1 aromatic carbocycles. The van der Waals surface area contributed by atoms with Crippen LogP contribution in [0.25, 0.3) is 0 Å². The van der Waals surface area contributed by atoms with E-state index in [9.17, 15) is 9.59 Å². The minimum absolute atomic E-state index is 0.0871. The number of hydrogen-bond acceptors (Lipinski definition) is 4. The second kappa shape index (κ2) is 7.09. The van der Waals surface area contributed by atoms with Gasteiger partial charge in [0.05, 0.1) is 15.6 Å². The lowest BCUT2D eigenvalue weighted by atomic mass is 10.1. The molecule has 2 amide bonds. The first kappa shape index (κ1) is 17.2. The SMILES string of the molecule is Cc1nc(C(=O)N2CCN(C(=O)c3ccc(Cl)cc3Cl)CC2)cs1. The number of rotatable bonds is 2. The highest BCUT2D eigenvalue weighted by Crippen LogP contribution is 2.23. The Hall–Kier alpha value is -1.63. The van der Waals surface area contributed by atoms with Crippen LogP contribution in [0, 0.1) is 6.92 Å². The van der Waals surface area contributed by atoms with Crippen LogP contribution in [-0.2, 0) is 0 Å². The Kier molecular flexibility index (Phi) is 5.08.